The highest BCUT2D eigenvalue weighted by Crippen LogP contribution is 2.24. The van der Waals surface area contributed by atoms with Crippen molar-refractivity contribution in [2.75, 3.05) is 0 Å². The maximum Gasteiger partial charge on any atom is 0.275 e. The van der Waals surface area contributed by atoms with Crippen LogP contribution in [0, 0.1) is 0 Å². The van der Waals surface area contributed by atoms with Crippen LogP contribution in [0.5, 0.6) is 11.5 Å². The number of fused-ring (bicyclic) bond motifs is 1. The van der Waals surface area contributed by atoms with E-state index in [4.69, 9.17) is 4.74 Å². The maximum atomic E-state index is 12.3. The number of benzene rings is 3. The molecular formula is C21H20N2O3. The van der Waals surface area contributed by atoms with E-state index >= 15 is 0 Å². The maximum absolute atomic E-state index is 12.3. The smallest absolute Gasteiger partial charge is 0.275 e. The van der Waals surface area contributed by atoms with Crippen LogP contribution in [-0.4, -0.2) is 23.3 Å². The molecule has 132 valence electrons. The molecule has 0 aromatic heterocycles. The number of amides is 1. The summed E-state index contributed by atoms with van der Waals surface area (Å²) in [6, 6.07) is 18.1. The minimum absolute atomic E-state index is 0.0772. The first-order valence-corrected chi connectivity index (χ1v) is 8.35. The van der Waals surface area contributed by atoms with Gasteiger partial charge in [-0.3, -0.25) is 4.79 Å². The molecule has 5 heteroatoms. The van der Waals surface area contributed by atoms with Crippen LogP contribution < -0.4 is 10.2 Å². The molecule has 0 fully saturated rings. The molecule has 0 aliphatic heterocycles. The van der Waals surface area contributed by atoms with Crippen molar-refractivity contribution in [3.05, 3.63) is 71.8 Å². The summed E-state index contributed by atoms with van der Waals surface area (Å²) in [4.78, 5) is 12.3. The lowest BCUT2D eigenvalue weighted by Gasteiger charge is -2.09. The molecule has 0 saturated heterocycles. The number of carbonyl (C=O) groups is 1. The SMILES string of the molecule is CC(C)Oc1ccc(C=NNC(=O)c2cc3ccccc3cc2O)cc1. The first kappa shape index (κ1) is 17.5. The molecular weight excluding hydrogens is 328 g/mol. The van der Waals surface area contributed by atoms with Gasteiger partial charge in [-0.05, 0) is 66.6 Å². The van der Waals surface area contributed by atoms with Gasteiger partial charge in [-0.15, -0.1) is 0 Å². The number of hydrogen-bond acceptors (Lipinski definition) is 4. The van der Waals surface area contributed by atoms with Crippen LogP contribution >= 0.6 is 0 Å². The number of aromatic hydroxyl groups is 1. The van der Waals surface area contributed by atoms with Gasteiger partial charge in [0.1, 0.15) is 11.5 Å². The van der Waals surface area contributed by atoms with E-state index in [1.165, 1.54) is 6.21 Å². The second-order valence-corrected chi connectivity index (χ2v) is 6.15. The summed E-state index contributed by atoms with van der Waals surface area (Å²) in [7, 11) is 0. The Morgan fingerprint density at radius 3 is 2.38 bits per heavy atom. The summed E-state index contributed by atoms with van der Waals surface area (Å²) < 4.78 is 5.58. The van der Waals surface area contributed by atoms with Crippen molar-refractivity contribution in [2.24, 2.45) is 5.10 Å². The lowest BCUT2D eigenvalue weighted by Crippen LogP contribution is -2.17. The van der Waals surface area contributed by atoms with Gasteiger partial charge in [0.25, 0.3) is 5.91 Å². The first-order valence-electron chi connectivity index (χ1n) is 8.35. The number of rotatable bonds is 5. The summed E-state index contributed by atoms with van der Waals surface area (Å²) in [6.07, 6.45) is 1.65. The number of hydrogen-bond donors (Lipinski definition) is 2. The van der Waals surface area contributed by atoms with Crippen LogP contribution in [0.25, 0.3) is 10.8 Å². The van der Waals surface area contributed by atoms with E-state index in [9.17, 15) is 9.90 Å². The molecule has 2 N–H and O–H groups in total. The molecule has 0 aliphatic rings. The fourth-order valence-corrected chi connectivity index (χ4v) is 2.54. The molecule has 5 nitrogen and oxygen atoms in total. The zero-order valence-corrected chi connectivity index (χ0v) is 14.6. The summed E-state index contributed by atoms with van der Waals surface area (Å²) in [5.74, 6) is 0.234. The first-order chi connectivity index (χ1) is 12.5. The van der Waals surface area contributed by atoms with Crippen molar-refractivity contribution >= 4 is 22.9 Å². The van der Waals surface area contributed by atoms with Gasteiger partial charge in [0.05, 0.1) is 17.9 Å². The molecule has 26 heavy (non-hydrogen) atoms. The van der Waals surface area contributed by atoms with Gasteiger partial charge < -0.3 is 9.84 Å². The Morgan fingerprint density at radius 1 is 1.08 bits per heavy atom. The predicted molar refractivity (Wildman–Crippen MR) is 103 cm³/mol. The summed E-state index contributed by atoms with van der Waals surface area (Å²) >= 11 is 0. The molecule has 1 amide bonds. The Labute approximate surface area is 151 Å². The summed E-state index contributed by atoms with van der Waals surface area (Å²) in [5, 5.41) is 15.8. The van der Waals surface area contributed by atoms with Gasteiger partial charge in [-0.25, -0.2) is 5.43 Å². The Morgan fingerprint density at radius 2 is 1.73 bits per heavy atom. The average molecular weight is 348 g/mol. The molecule has 0 bridgehead atoms. The van der Waals surface area contributed by atoms with Crippen molar-refractivity contribution in [2.45, 2.75) is 20.0 Å². The van der Waals surface area contributed by atoms with Crippen LogP contribution in [0.1, 0.15) is 29.8 Å². The number of phenols is 1. The highest BCUT2D eigenvalue weighted by atomic mass is 16.5. The van der Waals surface area contributed by atoms with Crippen LogP contribution in [-0.2, 0) is 0 Å². The van der Waals surface area contributed by atoms with Crippen molar-refractivity contribution < 1.29 is 14.6 Å². The van der Waals surface area contributed by atoms with E-state index in [0.29, 0.717) is 0 Å². The van der Waals surface area contributed by atoms with Crippen LogP contribution in [0.4, 0.5) is 0 Å². The van der Waals surface area contributed by atoms with E-state index in [0.717, 1.165) is 22.1 Å². The van der Waals surface area contributed by atoms with Crippen LogP contribution in [0.3, 0.4) is 0 Å². The van der Waals surface area contributed by atoms with E-state index in [-0.39, 0.29) is 17.4 Å². The van der Waals surface area contributed by atoms with Gasteiger partial charge in [0.2, 0.25) is 0 Å². The normalized spacial score (nSPS) is 11.2. The Kier molecular flexibility index (Phi) is 5.17. The number of ether oxygens (including phenoxy) is 1. The van der Waals surface area contributed by atoms with Gasteiger partial charge >= 0.3 is 0 Å². The number of nitrogens with one attached hydrogen (secondary N) is 1. The second-order valence-electron chi connectivity index (χ2n) is 6.15. The highest BCUT2D eigenvalue weighted by molar-refractivity contribution is 6.01. The predicted octanol–water partition coefficient (Wildman–Crippen LogP) is 4.10. The highest BCUT2D eigenvalue weighted by Gasteiger charge is 2.11. The standard InChI is InChI=1S/C21H20N2O3/c1-14(2)26-18-9-7-15(8-10-18)13-22-23-21(25)19-11-16-5-3-4-6-17(16)12-20(19)24/h3-14,24H,1-2H3,(H,23,25). The van der Waals surface area contributed by atoms with E-state index in [1.54, 1.807) is 12.1 Å². The molecule has 0 saturated carbocycles. The minimum Gasteiger partial charge on any atom is -0.507 e. The zero-order chi connectivity index (χ0) is 18.5. The minimum atomic E-state index is -0.468. The molecule has 0 unspecified atom stereocenters. The largest absolute Gasteiger partial charge is 0.507 e. The average Bonchev–Trinajstić information content (AvgIpc) is 2.62. The fraction of sp³-hybridized carbons (Fsp3) is 0.143. The fourth-order valence-electron chi connectivity index (χ4n) is 2.54. The summed E-state index contributed by atoms with van der Waals surface area (Å²) in [5.41, 5.74) is 3.44. The van der Waals surface area contributed by atoms with Crippen molar-refractivity contribution in [1.29, 1.82) is 0 Å². The van der Waals surface area contributed by atoms with Crippen LogP contribution in [0.2, 0.25) is 0 Å². The molecule has 0 aliphatic carbocycles. The Bertz CT molecular complexity index is 947. The van der Waals surface area contributed by atoms with E-state index in [1.807, 2.05) is 62.4 Å². The third-order valence-electron chi connectivity index (χ3n) is 3.74. The van der Waals surface area contributed by atoms with Gasteiger partial charge in [0.15, 0.2) is 0 Å². The van der Waals surface area contributed by atoms with Crippen molar-refractivity contribution in [3.8, 4) is 11.5 Å². The van der Waals surface area contributed by atoms with Crippen LogP contribution in [0.15, 0.2) is 65.8 Å². The second kappa shape index (κ2) is 7.70. The number of nitrogens with zero attached hydrogens (tertiary/aromatic N) is 1. The number of hydrazone groups is 1. The molecule has 3 aromatic rings. The molecule has 0 spiro atoms. The summed E-state index contributed by atoms with van der Waals surface area (Å²) in [6.45, 7) is 3.93. The molecule has 3 rings (SSSR count). The van der Waals surface area contributed by atoms with Gasteiger partial charge in [-0.2, -0.15) is 5.10 Å². The molecule has 0 heterocycles. The van der Waals surface area contributed by atoms with Crippen molar-refractivity contribution in [1.82, 2.24) is 5.43 Å². The molecule has 0 atom stereocenters. The lowest BCUT2D eigenvalue weighted by molar-refractivity contribution is 0.0952. The molecule has 0 radical (unpaired) electrons. The quantitative estimate of drug-likeness (QED) is 0.539. The zero-order valence-electron chi connectivity index (χ0n) is 14.6. The Balaban J connectivity index is 1.68. The topological polar surface area (TPSA) is 70.9 Å². The lowest BCUT2D eigenvalue weighted by atomic mass is 10.1. The van der Waals surface area contributed by atoms with Gasteiger partial charge in [0, 0.05) is 0 Å². The van der Waals surface area contributed by atoms with E-state index < -0.39 is 5.91 Å². The third-order valence-corrected chi connectivity index (χ3v) is 3.74. The Hall–Kier alpha value is -3.34. The number of phenolic OH excluding ortho intramolecular Hbond substituents is 1. The van der Waals surface area contributed by atoms with Gasteiger partial charge in [-0.1, -0.05) is 24.3 Å². The van der Waals surface area contributed by atoms with E-state index in [2.05, 4.69) is 10.5 Å². The van der Waals surface area contributed by atoms with Crippen molar-refractivity contribution in [3.63, 3.8) is 0 Å². The third kappa shape index (κ3) is 4.19. The molecule has 3 aromatic carbocycles. The monoisotopic (exact) mass is 348 g/mol. The number of carbonyl (C=O) groups excluding carboxylic acids is 1.